The highest BCUT2D eigenvalue weighted by Crippen LogP contribution is 2.14. The summed E-state index contributed by atoms with van der Waals surface area (Å²) in [5.41, 5.74) is 5.64. The van der Waals surface area contributed by atoms with Crippen molar-refractivity contribution in [1.82, 2.24) is 10.3 Å². The molecule has 0 aromatic heterocycles. The maximum Gasteiger partial charge on any atom is 0.271 e. The summed E-state index contributed by atoms with van der Waals surface area (Å²) in [6.07, 6.45) is 2.14. The Kier molecular flexibility index (Phi) is 6.42. The summed E-state index contributed by atoms with van der Waals surface area (Å²) >= 11 is 0. The van der Waals surface area contributed by atoms with E-state index in [0.29, 0.717) is 17.0 Å². The van der Waals surface area contributed by atoms with Crippen LogP contribution >= 0.6 is 0 Å². The Morgan fingerprint density at radius 1 is 1.07 bits per heavy atom. The molecule has 6 nitrogen and oxygen atoms in total. The van der Waals surface area contributed by atoms with Gasteiger partial charge in [0.1, 0.15) is 5.75 Å². The van der Waals surface area contributed by atoms with Gasteiger partial charge in [0.2, 0.25) is 0 Å². The van der Waals surface area contributed by atoms with Gasteiger partial charge in [0.25, 0.3) is 11.8 Å². The van der Waals surface area contributed by atoms with E-state index in [9.17, 15) is 9.59 Å². The molecule has 2 amide bonds. The van der Waals surface area contributed by atoms with Crippen molar-refractivity contribution in [3.63, 3.8) is 0 Å². The molecule has 1 saturated heterocycles. The monoisotopic (exact) mass is 379 g/mol. The number of hydrazone groups is 1. The van der Waals surface area contributed by atoms with Crippen LogP contribution in [-0.2, 0) is 4.79 Å². The molecule has 0 atom stereocenters. The molecule has 0 unspecified atom stereocenters. The second kappa shape index (κ2) is 9.17. The number of hydrogen-bond acceptors (Lipinski definition) is 4. The van der Waals surface area contributed by atoms with Gasteiger partial charge in [-0.3, -0.25) is 9.59 Å². The molecule has 3 rings (SSSR count). The summed E-state index contributed by atoms with van der Waals surface area (Å²) in [5.74, 6) is 0.420. The molecule has 28 heavy (non-hydrogen) atoms. The third-order valence-corrected chi connectivity index (χ3v) is 4.81. The first-order chi connectivity index (χ1) is 13.5. The van der Waals surface area contributed by atoms with Gasteiger partial charge in [-0.15, -0.1) is 0 Å². The molecular formula is C22H25N3O3. The van der Waals surface area contributed by atoms with Crippen LogP contribution in [0.2, 0.25) is 0 Å². The lowest BCUT2D eigenvalue weighted by atomic mass is 10.1. The highest BCUT2D eigenvalue weighted by atomic mass is 16.5. The molecule has 1 N–H and O–H groups in total. The predicted octanol–water partition coefficient (Wildman–Crippen LogP) is 3.15. The first kappa shape index (κ1) is 19.6. The minimum atomic E-state index is -0.238. The Labute approximate surface area is 165 Å². The zero-order valence-corrected chi connectivity index (χ0v) is 16.3. The number of hydrogen-bond donors (Lipinski definition) is 1. The smallest absolute Gasteiger partial charge is 0.271 e. The van der Waals surface area contributed by atoms with E-state index in [1.54, 1.807) is 18.2 Å². The second-order valence-electron chi connectivity index (χ2n) is 6.85. The number of nitrogens with one attached hydrogen (secondary N) is 1. The lowest BCUT2D eigenvalue weighted by Gasteiger charge is -2.15. The normalized spacial score (nSPS) is 14.1. The molecule has 2 aromatic rings. The van der Waals surface area contributed by atoms with Crippen molar-refractivity contribution >= 4 is 17.5 Å². The number of nitrogens with zero attached hydrogens (tertiary/aromatic N) is 2. The predicted molar refractivity (Wildman–Crippen MR) is 109 cm³/mol. The van der Waals surface area contributed by atoms with Crippen LogP contribution in [0.3, 0.4) is 0 Å². The molecule has 1 aliphatic rings. The van der Waals surface area contributed by atoms with Crippen LogP contribution in [0.4, 0.5) is 0 Å². The highest BCUT2D eigenvalue weighted by molar-refractivity contribution is 6.01. The number of carbonyl (C=O) groups is 2. The van der Waals surface area contributed by atoms with Crippen LogP contribution in [0.1, 0.15) is 41.3 Å². The van der Waals surface area contributed by atoms with Gasteiger partial charge in [-0.25, -0.2) is 5.43 Å². The van der Waals surface area contributed by atoms with E-state index in [4.69, 9.17) is 4.74 Å². The summed E-state index contributed by atoms with van der Waals surface area (Å²) in [6.45, 7) is 5.42. The van der Waals surface area contributed by atoms with Crippen LogP contribution in [0.5, 0.6) is 5.75 Å². The number of likely N-dealkylation sites (tertiary alicyclic amines) is 1. The van der Waals surface area contributed by atoms with E-state index in [-0.39, 0.29) is 18.4 Å². The number of rotatable bonds is 6. The summed E-state index contributed by atoms with van der Waals surface area (Å²) < 4.78 is 5.58. The zero-order chi connectivity index (χ0) is 19.9. The van der Waals surface area contributed by atoms with Crippen molar-refractivity contribution in [3.8, 4) is 5.75 Å². The standard InChI is InChI=1S/C22H25N3O3/c1-16-7-3-4-8-20(16)22(27)24-23-17(2)18-9-11-19(12-10-18)28-15-21(26)25-13-5-6-14-25/h3-4,7-12H,5-6,13-15H2,1-2H3,(H,24,27)/b23-17-. The van der Waals surface area contributed by atoms with Crippen molar-refractivity contribution in [1.29, 1.82) is 0 Å². The third-order valence-electron chi connectivity index (χ3n) is 4.81. The summed E-state index contributed by atoms with van der Waals surface area (Å²) in [5, 5.41) is 4.18. The lowest BCUT2D eigenvalue weighted by Crippen LogP contribution is -2.32. The van der Waals surface area contributed by atoms with Gasteiger partial charge in [-0.05, 0) is 68.1 Å². The van der Waals surface area contributed by atoms with Gasteiger partial charge in [-0.2, -0.15) is 5.10 Å². The number of amides is 2. The van der Waals surface area contributed by atoms with Crippen molar-refractivity contribution in [2.45, 2.75) is 26.7 Å². The fraction of sp³-hybridized carbons (Fsp3) is 0.318. The van der Waals surface area contributed by atoms with Gasteiger partial charge in [0.15, 0.2) is 6.61 Å². The Morgan fingerprint density at radius 2 is 1.75 bits per heavy atom. The maximum absolute atomic E-state index is 12.2. The highest BCUT2D eigenvalue weighted by Gasteiger charge is 2.18. The number of ether oxygens (including phenoxy) is 1. The molecule has 1 fully saturated rings. The molecule has 0 bridgehead atoms. The van der Waals surface area contributed by atoms with Crippen molar-refractivity contribution < 1.29 is 14.3 Å². The summed E-state index contributed by atoms with van der Waals surface area (Å²) in [4.78, 5) is 26.1. The fourth-order valence-corrected chi connectivity index (χ4v) is 3.08. The van der Waals surface area contributed by atoms with Crippen LogP contribution in [0.25, 0.3) is 0 Å². The van der Waals surface area contributed by atoms with E-state index >= 15 is 0 Å². The maximum atomic E-state index is 12.2. The topological polar surface area (TPSA) is 71.0 Å². The molecule has 2 aromatic carbocycles. The summed E-state index contributed by atoms with van der Waals surface area (Å²) in [7, 11) is 0. The quantitative estimate of drug-likeness (QED) is 0.619. The molecule has 1 heterocycles. The van der Waals surface area contributed by atoms with E-state index in [0.717, 1.165) is 37.1 Å². The minimum absolute atomic E-state index is 0.0261. The van der Waals surface area contributed by atoms with Gasteiger partial charge < -0.3 is 9.64 Å². The molecule has 6 heteroatoms. The summed E-state index contributed by atoms with van der Waals surface area (Å²) in [6, 6.07) is 14.7. The molecule has 146 valence electrons. The van der Waals surface area contributed by atoms with Crippen LogP contribution in [-0.4, -0.2) is 42.1 Å². The molecular weight excluding hydrogens is 354 g/mol. The van der Waals surface area contributed by atoms with Crippen LogP contribution in [0, 0.1) is 6.92 Å². The van der Waals surface area contributed by atoms with E-state index in [1.807, 2.05) is 49.1 Å². The fourth-order valence-electron chi connectivity index (χ4n) is 3.08. The van der Waals surface area contributed by atoms with E-state index in [2.05, 4.69) is 10.5 Å². The average molecular weight is 379 g/mol. The number of aryl methyl sites for hydroxylation is 1. The van der Waals surface area contributed by atoms with E-state index < -0.39 is 0 Å². The molecule has 0 saturated carbocycles. The Bertz CT molecular complexity index is 869. The van der Waals surface area contributed by atoms with Gasteiger partial charge in [-0.1, -0.05) is 18.2 Å². The lowest BCUT2D eigenvalue weighted by molar-refractivity contribution is -0.132. The molecule has 0 radical (unpaired) electrons. The van der Waals surface area contributed by atoms with Gasteiger partial charge in [0, 0.05) is 18.7 Å². The Hall–Kier alpha value is -3.15. The molecule has 0 spiro atoms. The Morgan fingerprint density at radius 3 is 2.43 bits per heavy atom. The SMILES string of the molecule is C/C(=N/NC(=O)c1ccccc1C)c1ccc(OCC(=O)N2CCCC2)cc1. The third kappa shape index (κ3) is 4.97. The van der Waals surface area contributed by atoms with Gasteiger partial charge >= 0.3 is 0 Å². The number of benzene rings is 2. The Balaban J connectivity index is 1.54. The largest absolute Gasteiger partial charge is 0.484 e. The average Bonchev–Trinajstić information content (AvgIpc) is 3.26. The van der Waals surface area contributed by atoms with Crippen LogP contribution in [0.15, 0.2) is 53.6 Å². The van der Waals surface area contributed by atoms with Gasteiger partial charge in [0.05, 0.1) is 5.71 Å². The van der Waals surface area contributed by atoms with Crippen molar-refractivity contribution in [2.75, 3.05) is 19.7 Å². The first-order valence-electron chi connectivity index (χ1n) is 9.46. The van der Waals surface area contributed by atoms with Crippen molar-refractivity contribution in [2.24, 2.45) is 5.10 Å². The molecule has 0 aliphatic carbocycles. The zero-order valence-electron chi connectivity index (χ0n) is 16.3. The van der Waals surface area contributed by atoms with Crippen LogP contribution < -0.4 is 10.2 Å². The van der Waals surface area contributed by atoms with E-state index in [1.165, 1.54) is 0 Å². The number of carbonyl (C=O) groups excluding carboxylic acids is 2. The van der Waals surface area contributed by atoms with Crippen molar-refractivity contribution in [3.05, 3.63) is 65.2 Å². The molecule has 1 aliphatic heterocycles. The minimum Gasteiger partial charge on any atom is -0.484 e. The first-order valence-corrected chi connectivity index (χ1v) is 9.46. The second-order valence-corrected chi connectivity index (χ2v) is 6.85.